The van der Waals surface area contributed by atoms with Gasteiger partial charge in [-0.25, -0.2) is 13.2 Å². The van der Waals surface area contributed by atoms with Gasteiger partial charge in [0.15, 0.2) is 6.10 Å². The second-order valence-electron chi connectivity index (χ2n) is 6.67. The number of aromatic nitrogens is 3. The maximum Gasteiger partial charge on any atom is 0.338 e. The molecular formula is C19H18N4O5S. The topological polar surface area (TPSA) is 115 Å². The van der Waals surface area contributed by atoms with Gasteiger partial charge >= 0.3 is 5.97 Å². The van der Waals surface area contributed by atoms with Crippen molar-refractivity contribution in [3.63, 3.8) is 0 Å². The number of rotatable bonds is 5. The molecule has 9 nitrogen and oxygen atoms in total. The number of nitrogens with zero attached hydrogens (tertiary/aromatic N) is 4. The molecule has 2 aromatic heterocycles. The summed E-state index contributed by atoms with van der Waals surface area (Å²) in [6.45, 7) is 2.00. The molecule has 29 heavy (non-hydrogen) atoms. The van der Waals surface area contributed by atoms with Crippen LogP contribution in [0.2, 0.25) is 0 Å². The summed E-state index contributed by atoms with van der Waals surface area (Å²) < 4.78 is 35.6. The molecule has 1 aliphatic heterocycles. The van der Waals surface area contributed by atoms with Gasteiger partial charge in [-0.1, -0.05) is 5.16 Å². The largest absolute Gasteiger partial charge is 0.449 e. The summed E-state index contributed by atoms with van der Waals surface area (Å²) in [7, 11) is -3.34. The third-order valence-electron chi connectivity index (χ3n) is 4.56. The van der Waals surface area contributed by atoms with Crippen molar-refractivity contribution >= 4 is 21.7 Å². The first-order chi connectivity index (χ1) is 13.8. The molecule has 3 heterocycles. The van der Waals surface area contributed by atoms with Crippen LogP contribution in [-0.2, 0) is 21.2 Å². The molecule has 3 aromatic rings. The van der Waals surface area contributed by atoms with Crippen LogP contribution in [0.4, 0.5) is 5.69 Å². The number of benzene rings is 1. The van der Waals surface area contributed by atoms with Crippen LogP contribution >= 0.6 is 0 Å². The Hall–Kier alpha value is -3.27. The molecule has 0 bridgehead atoms. The highest BCUT2D eigenvalue weighted by molar-refractivity contribution is 7.92. The first kappa shape index (κ1) is 19.1. The van der Waals surface area contributed by atoms with Crippen LogP contribution in [0.1, 0.15) is 34.8 Å². The molecule has 0 aliphatic carbocycles. The first-order valence-corrected chi connectivity index (χ1v) is 10.7. The molecule has 1 aliphatic rings. The van der Waals surface area contributed by atoms with Crippen LogP contribution in [-0.4, -0.2) is 42.3 Å². The Kier molecular flexibility index (Phi) is 4.79. The van der Waals surface area contributed by atoms with Crippen molar-refractivity contribution in [1.82, 2.24) is 15.1 Å². The number of hydrogen-bond acceptors (Lipinski definition) is 8. The molecule has 1 unspecified atom stereocenters. The van der Waals surface area contributed by atoms with E-state index in [9.17, 15) is 13.2 Å². The molecule has 0 amide bonds. The van der Waals surface area contributed by atoms with Gasteiger partial charge in [0, 0.05) is 24.5 Å². The molecule has 10 heteroatoms. The maximum absolute atomic E-state index is 12.5. The lowest BCUT2D eigenvalue weighted by molar-refractivity contribution is 0.0265. The summed E-state index contributed by atoms with van der Waals surface area (Å²) in [6.07, 6.45) is 4.20. The Bertz CT molecular complexity index is 1160. The van der Waals surface area contributed by atoms with E-state index in [4.69, 9.17) is 9.26 Å². The fraction of sp³-hybridized carbons (Fsp3) is 0.263. The number of hydrogen-bond donors (Lipinski definition) is 0. The molecule has 1 atom stereocenters. The monoisotopic (exact) mass is 414 g/mol. The van der Waals surface area contributed by atoms with Gasteiger partial charge in [-0.3, -0.25) is 9.29 Å². The highest BCUT2D eigenvalue weighted by Crippen LogP contribution is 2.31. The smallest absolute Gasteiger partial charge is 0.338 e. The molecule has 150 valence electrons. The van der Waals surface area contributed by atoms with E-state index in [2.05, 4.69) is 15.1 Å². The highest BCUT2D eigenvalue weighted by Gasteiger charge is 2.27. The van der Waals surface area contributed by atoms with Gasteiger partial charge in [0.1, 0.15) is 0 Å². The Labute approximate surface area is 167 Å². The van der Waals surface area contributed by atoms with Gasteiger partial charge in [-0.15, -0.1) is 0 Å². The zero-order chi connectivity index (χ0) is 20.6. The standard InChI is InChI=1S/C19H18N4O5S/c1-12(18-21-17(22-28-18)15-4-3-8-20-11-15)27-19(24)14-5-6-16-13(10-14)7-9-23(16)29(2,25)26/h3-6,8,10-12H,7,9H2,1-2H3. The van der Waals surface area contributed by atoms with E-state index in [1.807, 2.05) is 0 Å². The third kappa shape index (κ3) is 3.83. The predicted octanol–water partition coefficient (Wildman–Crippen LogP) is 2.37. The van der Waals surface area contributed by atoms with Crippen molar-refractivity contribution in [3.8, 4) is 11.4 Å². The summed E-state index contributed by atoms with van der Waals surface area (Å²) in [5, 5.41) is 3.89. The van der Waals surface area contributed by atoms with Gasteiger partial charge in [0.25, 0.3) is 5.89 Å². The Balaban J connectivity index is 1.48. The second kappa shape index (κ2) is 7.28. The zero-order valence-electron chi connectivity index (χ0n) is 15.8. The number of carbonyl (C=O) groups excluding carboxylic acids is 1. The lowest BCUT2D eigenvalue weighted by Crippen LogP contribution is -2.27. The van der Waals surface area contributed by atoms with Gasteiger partial charge in [-0.2, -0.15) is 4.98 Å². The normalized spacial score (nSPS) is 14.5. The summed E-state index contributed by atoms with van der Waals surface area (Å²) in [4.78, 5) is 20.8. The van der Waals surface area contributed by atoms with E-state index >= 15 is 0 Å². The number of fused-ring (bicyclic) bond motifs is 1. The number of anilines is 1. The van der Waals surface area contributed by atoms with Crippen molar-refractivity contribution in [3.05, 3.63) is 59.7 Å². The molecule has 0 radical (unpaired) electrons. The fourth-order valence-corrected chi connectivity index (χ4v) is 4.09. The Morgan fingerprint density at radius 3 is 2.86 bits per heavy atom. The summed E-state index contributed by atoms with van der Waals surface area (Å²) in [5.41, 5.74) is 2.40. The summed E-state index contributed by atoms with van der Waals surface area (Å²) in [6, 6.07) is 8.38. The van der Waals surface area contributed by atoms with Crippen LogP contribution in [0, 0.1) is 0 Å². The molecule has 0 N–H and O–H groups in total. The quantitative estimate of drug-likeness (QED) is 0.584. The molecule has 1 aromatic carbocycles. The van der Waals surface area contributed by atoms with Crippen molar-refractivity contribution in [2.24, 2.45) is 0 Å². The van der Waals surface area contributed by atoms with Crippen molar-refractivity contribution < 1.29 is 22.5 Å². The fourth-order valence-electron chi connectivity index (χ4n) is 3.13. The van der Waals surface area contributed by atoms with Crippen molar-refractivity contribution in [2.45, 2.75) is 19.4 Å². The van der Waals surface area contributed by atoms with Crippen LogP contribution in [0.5, 0.6) is 0 Å². The molecular weight excluding hydrogens is 396 g/mol. The minimum atomic E-state index is -3.34. The highest BCUT2D eigenvalue weighted by atomic mass is 32.2. The van der Waals surface area contributed by atoms with Gasteiger partial charge in [-0.05, 0) is 49.2 Å². The van der Waals surface area contributed by atoms with Crippen LogP contribution in [0.15, 0.2) is 47.2 Å². The zero-order valence-corrected chi connectivity index (χ0v) is 16.6. The number of sulfonamides is 1. The molecule has 4 rings (SSSR count). The van der Waals surface area contributed by atoms with Crippen LogP contribution < -0.4 is 4.31 Å². The third-order valence-corrected chi connectivity index (χ3v) is 5.74. The van der Waals surface area contributed by atoms with Crippen LogP contribution in [0.25, 0.3) is 11.4 Å². The van der Waals surface area contributed by atoms with Crippen molar-refractivity contribution in [2.75, 3.05) is 17.1 Å². The molecule has 0 fully saturated rings. The number of esters is 1. The predicted molar refractivity (Wildman–Crippen MR) is 104 cm³/mol. The molecule has 0 spiro atoms. The summed E-state index contributed by atoms with van der Waals surface area (Å²) >= 11 is 0. The van der Waals surface area contributed by atoms with E-state index < -0.39 is 22.1 Å². The number of carbonyl (C=O) groups is 1. The van der Waals surface area contributed by atoms with E-state index in [1.54, 1.807) is 49.6 Å². The average Bonchev–Trinajstić information content (AvgIpc) is 3.35. The van der Waals surface area contributed by atoms with Gasteiger partial charge in [0.05, 0.1) is 17.5 Å². The van der Waals surface area contributed by atoms with E-state index in [0.717, 1.165) is 11.8 Å². The summed E-state index contributed by atoms with van der Waals surface area (Å²) in [5.74, 6) is -0.0322. The second-order valence-corrected chi connectivity index (χ2v) is 8.58. The van der Waals surface area contributed by atoms with E-state index in [-0.39, 0.29) is 5.89 Å². The lowest BCUT2D eigenvalue weighted by atomic mass is 10.1. The van der Waals surface area contributed by atoms with Gasteiger partial charge < -0.3 is 9.26 Å². The molecule has 0 saturated heterocycles. The average molecular weight is 414 g/mol. The number of ether oxygens (including phenoxy) is 1. The first-order valence-electron chi connectivity index (χ1n) is 8.88. The van der Waals surface area contributed by atoms with Crippen LogP contribution in [0.3, 0.4) is 0 Å². The van der Waals surface area contributed by atoms with Gasteiger partial charge in [0.2, 0.25) is 15.8 Å². The SMILES string of the molecule is CC(OC(=O)c1ccc2c(c1)CCN2S(C)(=O)=O)c1nc(-c2cccnc2)no1. The Morgan fingerprint density at radius 1 is 1.31 bits per heavy atom. The molecule has 0 saturated carbocycles. The van der Waals surface area contributed by atoms with E-state index in [1.165, 1.54) is 4.31 Å². The Morgan fingerprint density at radius 2 is 2.14 bits per heavy atom. The van der Waals surface area contributed by atoms with Crippen molar-refractivity contribution in [1.29, 1.82) is 0 Å². The minimum Gasteiger partial charge on any atom is -0.449 e. The lowest BCUT2D eigenvalue weighted by Gasteiger charge is -2.16. The number of pyridine rings is 1. The minimum absolute atomic E-state index is 0.168. The maximum atomic E-state index is 12.5. The van der Waals surface area contributed by atoms with E-state index in [0.29, 0.717) is 35.6 Å².